The van der Waals surface area contributed by atoms with Crippen LogP contribution >= 0.6 is 0 Å². The highest BCUT2D eigenvalue weighted by Crippen LogP contribution is 2.31. The molecule has 0 aliphatic rings. The van der Waals surface area contributed by atoms with E-state index in [1.54, 1.807) is 55.5 Å². The van der Waals surface area contributed by atoms with Gasteiger partial charge in [0.25, 0.3) is 10.0 Å². The first-order chi connectivity index (χ1) is 17.3. The maximum atomic E-state index is 13.8. The summed E-state index contributed by atoms with van der Waals surface area (Å²) in [5.74, 6) is -0.512. The zero-order valence-corrected chi connectivity index (χ0v) is 21.1. The molecule has 0 radical (unpaired) electrons. The van der Waals surface area contributed by atoms with Crippen molar-refractivity contribution in [1.29, 1.82) is 0 Å². The molecule has 0 spiro atoms. The first-order valence-electron chi connectivity index (χ1n) is 11.4. The zero-order valence-electron chi connectivity index (χ0n) is 20.3. The van der Waals surface area contributed by atoms with Crippen LogP contribution in [0.1, 0.15) is 18.2 Å². The summed E-state index contributed by atoms with van der Waals surface area (Å²) in [5, 5.41) is 0.668. The number of rotatable bonds is 8. The quantitative estimate of drug-likeness (QED) is 0.187. The van der Waals surface area contributed by atoms with Gasteiger partial charge < -0.3 is 9.64 Å². The minimum atomic E-state index is -3.98. The Labute approximate surface area is 211 Å². The molecule has 4 rings (SSSR count). The Kier molecular flexibility index (Phi) is 7.36. The average Bonchev–Trinajstić information content (AvgIpc) is 3.21. The number of anilines is 1. The highest BCUT2D eigenvalue weighted by molar-refractivity contribution is 7.90. The monoisotopic (exact) mass is 501 g/mol. The number of hydrogen-bond donors (Lipinski definition) is 0. The van der Waals surface area contributed by atoms with Crippen molar-refractivity contribution in [3.05, 3.63) is 96.2 Å². The smallest absolute Gasteiger partial charge is 0.330 e. The molecule has 36 heavy (non-hydrogen) atoms. The summed E-state index contributed by atoms with van der Waals surface area (Å²) in [5.41, 5.74) is 3.04. The number of aromatic nitrogens is 1. The van der Waals surface area contributed by atoms with E-state index >= 15 is 0 Å². The van der Waals surface area contributed by atoms with Crippen LogP contribution in [0.2, 0.25) is 0 Å². The van der Waals surface area contributed by atoms with Gasteiger partial charge in [-0.25, -0.2) is 17.2 Å². The average molecular weight is 502 g/mol. The van der Waals surface area contributed by atoms with Gasteiger partial charge in [0.05, 0.1) is 34.6 Å². The molecule has 4 aromatic rings. The Hall–Kier alpha value is -4.17. The van der Waals surface area contributed by atoms with E-state index in [-0.39, 0.29) is 11.5 Å². The van der Waals surface area contributed by atoms with Crippen molar-refractivity contribution >= 4 is 50.6 Å². The third-order valence-corrected chi connectivity index (χ3v) is 7.31. The highest BCUT2D eigenvalue weighted by atomic mass is 32.2. The Morgan fingerprint density at radius 2 is 1.64 bits per heavy atom. The lowest BCUT2D eigenvalue weighted by atomic mass is 10.1. The number of aliphatic imine (C=N–C) groups is 1. The molecule has 0 fully saturated rings. The normalized spacial score (nSPS) is 12.0. The van der Waals surface area contributed by atoms with Crippen molar-refractivity contribution in [1.82, 2.24) is 3.97 Å². The van der Waals surface area contributed by atoms with Crippen LogP contribution < -0.4 is 4.90 Å². The van der Waals surface area contributed by atoms with Crippen molar-refractivity contribution < 1.29 is 17.9 Å². The molecule has 0 unspecified atom stereocenters. The van der Waals surface area contributed by atoms with Gasteiger partial charge in [-0.2, -0.15) is 0 Å². The summed E-state index contributed by atoms with van der Waals surface area (Å²) in [6.07, 6.45) is 4.40. The molecule has 1 aromatic heterocycles. The minimum Gasteiger partial charge on any atom is -0.463 e. The van der Waals surface area contributed by atoms with Gasteiger partial charge in [0.2, 0.25) is 0 Å². The number of para-hydroxylation sites is 1. The predicted molar refractivity (Wildman–Crippen MR) is 145 cm³/mol. The van der Waals surface area contributed by atoms with E-state index in [4.69, 9.17) is 4.74 Å². The molecule has 7 nitrogen and oxygen atoms in total. The molecule has 0 amide bonds. The molecule has 0 atom stereocenters. The number of carbonyl (C=O) groups excluding carboxylic acids is 1. The van der Waals surface area contributed by atoms with Crippen molar-refractivity contribution in [2.75, 3.05) is 25.6 Å². The van der Waals surface area contributed by atoms with Crippen LogP contribution in [0.4, 0.5) is 11.4 Å². The van der Waals surface area contributed by atoms with Gasteiger partial charge in [-0.15, -0.1) is 0 Å². The van der Waals surface area contributed by atoms with Crippen molar-refractivity contribution in [3.8, 4) is 0 Å². The van der Waals surface area contributed by atoms with Crippen LogP contribution in [0, 0.1) is 0 Å². The maximum absolute atomic E-state index is 13.8. The van der Waals surface area contributed by atoms with Gasteiger partial charge >= 0.3 is 5.97 Å². The Bertz CT molecular complexity index is 1540. The second-order valence-corrected chi connectivity index (χ2v) is 9.94. The molecular weight excluding hydrogens is 474 g/mol. The summed E-state index contributed by atoms with van der Waals surface area (Å²) >= 11 is 0. The number of esters is 1. The third-order valence-electron chi connectivity index (χ3n) is 5.56. The maximum Gasteiger partial charge on any atom is 0.330 e. The number of hydrogen-bond acceptors (Lipinski definition) is 6. The highest BCUT2D eigenvalue weighted by Gasteiger charge is 2.25. The van der Waals surface area contributed by atoms with E-state index in [9.17, 15) is 13.2 Å². The van der Waals surface area contributed by atoms with E-state index in [1.807, 2.05) is 55.4 Å². The van der Waals surface area contributed by atoms with Crippen LogP contribution in [0.25, 0.3) is 17.0 Å². The second-order valence-electron chi connectivity index (χ2n) is 8.15. The lowest BCUT2D eigenvalue weighted by molar-refractivity contribution is -0.137. The fourth-order valence-electron chi connectivity index (χ4n) is 3.82. The summed E-state index contributed by atoms with van der Waals surface area (Å²) < 4.78 is 34.0. The van der Waals surface area contributed by atoms with E-state index in [0.29, 0.717) is 27.8 Å². The fourth-order valence-corrected chi connectivity index (χ4v) is 5.36. The standard InChI is InChI=1S/C28H27N3O4S/c1-4-35-28(32)19-18-25-24-12-8-9-13-26(24)31(36(33,34)23-10-6-5-7-11-23)27(25)20-29-21-14-16-22(17-15-21)30(2)3/h5-20H,4H2,1-3H3. The molecule has 8 heteroatoms. The predicted octanol–water partition coefficient (Wildman–Crippen LogP) is 5.27. The van der Waals surface area contributed by atoms with Crippen molar-refractivity contribution in [2.24, 2.45) is 4.99 Å². The van der Waals surface area contributed by atoms with E-state index in [2.05, 4.69) is 4.99 Å². The molecule has 0 saturated heterocycles. The molecular formula is C28H27N3O4S. The van der Waals surface area contributed by atoms with Gasteiger partial charge in [-0.05, 0) is 55.5 Å². The molecule has 0 aliphatic carbocycles. The van der Waals surface area contributed by atoms with Crippen LogP contribution in [0.15, 0.2) is 94.8 Å². The molecule has 0 N–H and O–H groups in total. The Balaban J connectivity index is 1.94. The third kappa shape index (κ3) is 5.08. The van der Waals surface area contributed by atoms with Crippen LogP contribution in [-0.4, -0.2) is 45.3 Å². The van der Waals surface area contributed by atoms with Gasteiger partial charge in [0.15, 0.2) is 0 Å². The first kappa shape index (κ1) is 24.9. The summed E-state index contributed by atoms with van der Waals surface area (Å²) in [7, 11) is -0.0744. The summed E-state index contributed by atoms with van der Waals surface area (Å²) in [6, 6.07) is 23.0. The fraction of sp³-hybridized carbons (Fsp3) is 0.143. The summed E-state index contributed by atoms with van der Waals surface area (Å²) in [4.78, 5) is 18.8. The molecule has 0 bridgehead atoms. The molecule has 1 heterocycles. The van der Waals surface area contributed by atoms with Crippen LogP contribution in [0.3, 0.4) is 0 Å². The van der Waals surface area contributed by atoms with Gasteiger partial charge in [0.1, 0.15) is 0 Å². The van der Waals surface area contributed by atoms with E-state index < -0.39 is 16.0 Å². The number of benzene rings is 3. The van der Waals surface area contributed by atoms with Crippen molar-refractivity contribution in [2.45, 2.75) is 11.8 Å². The van der Waals surface area contributed by atoms with Crippen LogP contribution in [0.5, 0.6) is 0 Å². The minimum absolute atomic E-state index is 0.150. The molecule has 0 aliphatic heterocycles. The molecule has 3 aromatic carbocycles. The Morgan fingerprint density at radius 1 is 0.972 bits per heavy atom. The van der Waals surface area contributed by atoms with E-state index in [1.165, 1.54) is 16.3 Å². The SMILES string of the molecule is CCOC(=O)C=Cc1c(C=Nc2ccc(N(C)C)cc2)n(S(=O)(=O)c2ccccc2)c2ccccc12. The lowest BCUT2D eigenvalue weighted by Crippen LogP contribution is -2.16. The van der Waals surface area contributed by atoms with Gasteiger partial charge in [0, 0.05) is 36.8 Å². The Morgan fingerprint density at radius 3 is 2.31 bits per heavy atom. The zero-order chi connectivity index (χ0) is 25.7. The second kappa shape index (κ2) is 10.6. The number of nitrogens with zero attached hydrogens (tertiary/aromatic N) is 3. The number of carbonyl (C=O) groups is 1. The lowest BCUT2D eigenvalue weighted by Gasteiger charge is -2.12. The number of fused-ring (bicyclic) bond motifs is 1. The van der Waals surface area contributed by atoms with E-state index in [0.717, 1.165) is 5.69 Å². The van der Waals surface area contributed by atoms with Crippen LogP contribution in [-0.2, 0) is 19.6 Å². The first-order valence-corrected chi connectivity index (χ1v) is 12.9. The topological polar surface area (TPSA) is 81.0 Å². The largest absolute Gasteiger partial charge is 0.463 e. The van der Waals surface area contributed by atoms with Gasteiger partial charge in [-0.3, -0.25) is 4.99 Å². The number of ether oxygens (including phenoxy) is 1. The summed E-state index contributed by atoms with van der Waals surface area (Å²) in [6.45, 7) is 1.97. The molecule has 0 saturated carbocycles. The van der Waals surface area contributed by atoms with Crippen molar-refractivity contribution in [3.63, 3.8) is 0 Å². The van der Waals surface area contributed by atoms with Gasteiger partial charge in [-0.1, -0.05) is 36.4 Å². The molecule has 184 valence electrons.